The van der Waals surface area contributed by atoms with Crippen LogP contribution in [0, 0.1) is 0 Å². The van der Waals surface area contributed by atoms with Gasteiger partial charge in [-0.1, -0.05) is 38.1 Å². The van der Waals surface area contributed by atoms with Crippen molar-refractivity contribution in [1.82, 2.24) is 0 Å². The number of rotatable bonds is 10. The smallest absolute Gasteiger partial charge is 0.427 e. The lowest BCUT2D eigenvalue weighted by atomic mass is 9.78. The molecule has 0 aromatic heterocycles. The van der Waals surface area contributed by atoms with Crippen LogP contribution in [0.15, 0.2) is 48.5 Å². The van der Waals surface area contributed by atoms with Gasteiger partial charge in [-0.2, -0.15) is 0 Å². The molecule has 0 spiro atoms. The lowest BCUT2D eigenvalue weighted by Gasteiger charge is -2.26. The Labute approximate surface area is 182 Å². The zero-order valence-electron chi connectivity index (χ0n) is 17.7. The van der Waals surface area contributed by atoms with Crippen molar-refractivity contribution >= 4 is 37.4 Å². The lowest BCUT2D eigenvalue weighted by molar-refractivity contribution is -0.116. The average molecular weight is 426 g/mol. The monoisotopic (exact) mass is 426 g/mol. The Morgan fingerprint density at radius 1 is 0.710 bits per heavy atom. The predicted octanol–water partition coefficient (Wildman–Crippen LogP) is 1.62. The summed E-state index contributed by atoms with van der Waals surface area (Å²) in [6, 6.07) is 14.9. The number of hydrogen-bond acceptors (Lipinski definition) is 6. The molecule has 0 saturated heterocycles. The maximum absolute atomic E-state index is 11.8. The summed E-state index contributed by atoms with van der Waals surface area (Å²) < 4.78 is 0. The van der Waals surface area contributed by atoms with E-state index >= 15 is 0 Å². The van der Waals surface area contributed by atoms with Crippen LogP contribution in [0.4, 0.5) is 11.4 Å². The molecule has 0 aliphatic rings. The highest BCUT2D eigenvalue weighted by molar-refractivity contribution is 6.41. The van der Waals surface area contributed by atoms with Crippen LogP contribution in [0.25, 0.3) is 0 Å². The van der Waals surface area contributed by atoms with Gasteiger partial charge in [-0.25, -0.2) is 0 Å². The molecule has 0 unspecified atom stereocenters. The summed E-state index contributed by atoms with van der Waals surface area (Å²) in [4.78, 5) is 23.6. The van der Waals surface area contributed by atoms with Gasteiger partial charge in [-0.05, 0) is 48.0 Å². The van der Waals surface area contributed by atoms with Gasteiger partial charge in [0, 0.05) is 29.6 Å². The number of carbonyl (C=O) groups is 2. The fraction of sp³-hybridized carbons (Fsp3) is 0.333. The van der Waals surface area contributed by atoms with Gasteiger partial charge in [0.1, 0.15) is 0 Å². The van der Waals surface area contributed by atoms with Gasteiger partial charge in [0.25, 0.3) is 0 Å². The van der Waals surface area contributed by atoms with Crippen LogP contribution < -0.4 is 10.6 Å². The molecule has 31 heavy (non-hydrogen) atoms. The Hall–Kier alpha value is -2.65. The van der Waals surface area contributed by atoms with E-state index in [0.29, 0.717) is 11.4 Å². The first kappa shape index (κ1) is 24.6. The highest BCUT2D eigenvalue weighted by Gasteiger charge is 2.23. The van der Waals surface area contributed by atoms with Crippen LogP contribution in [0.1, 0.15) is 37.8 Å². The summed E-state index contributed by atoms with van der Waals surface area (Å²) in [6.07, 6.45) is 0.0102. The Kier molecular flexibility index (Phi) is 8.82. The molecule has 0 aliphatic carbocycles. The van der Waals surface area contributed by atoms with Crippen LogP contribution in [0.5, 0.6) is 0 Å². The highest BCUT2D eigenvalue weighted by atomic mass is 16.4. The second-order valence-electron chi connectivity index (χ2n) is 7.91. The molecule has 0 aliphatic heterocycles. The molecule has 2 aromatic rings. The first-order chi connectivity index (χ1) is 14.6. The van der Waals surface area contributed by atoms with Crippen LogP contribution in [-0.2, 0) is 15.0 Å². The standard InChI is InChI=1S/C21H28B2N2O6/c1-21(2,15-3-7-17(8-4-15)24-19(26)11-13-22(28)29)16-5-9-18(10-6-16)25-20(27)12-14-23(30)31/h3-10,28-31H,11-14H2,1-2H3,(H,24,26)(H,25,27). The number of benzene rings is 2. The molecule has 2 rings (SSSR count). The van der Waals surface area contributed by atoms with Crippen LogP contribution >= 0.6 is 0 Å². The molecule has 10 heteroatoms. The SMILES string of the molecule is CC(C)(c1ccc(NC(=O)CCB(O)O)cc1)c1ccc(NC(=O)CCB(O)O)cc1. The van der Waals surface area contributed by atoms with Crippen LogP contribution in [0.2, 0.25) is 12.6 Å². The Morgan fingerprint density at radius 3 is 1.32 bits per heavy atom. The van der Waals surface area contributed by atoms with Crippen molar-refractivity contribution in [2.75, 3.05) is 10.6 Å². The van der Waals surface area contributed by atoms with Crippen molar-refractivity contribution in [1.29, 1.82) is 0 Å². The average Bonchev–Trinajstić information content (AvgIpc) is 2.71. The molecular weight excluding hydrogens is 398 g/mol. The van der Waals surface area contributed by atoms with Crippen molar-refractivity contribution in [3.63, 3.8) is 0 Å². The molecule has 2 amide bonds. The van der Waals surface area contributed by atoms with Crippen LogP contribution in [0.3, 0.4) is 0 Å². The number of carbonyl (C=O) groups excluding carboxylic acids is 2. The van der Waals surface area contributed by atoms with E-state index in [1.165, 1.54) is 0 Å². The van der Waals surface area contributed by atoms with E-state index < -0.39 is 14.2 Å². The molecule has 2 aromatic carbocycles. The minimum atomic E-state index is -1.50. The fourth-order valence-corrected chi connectivity index (χ4v) is 3.07. The van der Waals surface area contributed by atoms with E-state index in [1.54, 1.807) is 24.3 Å². The molecule has 0 saturated carbocycles. The topological polar surface area (TPSA) is 139 Å². The lowest BCUT2D eigenvalue weighted by Crippen LogP contribution is -2.20. The van der Waals surface area contributed by atoms with E-state index in [9.17, 15) is 9.59 Å². The van der Waals surface area contributed by atoms with Gasteiger partial charge in [-0.3, -0.25) is 9.59 Å². The van der Waals surface area contributed by atoms with E-state index in [2.05, 4.69) is 24.5 Å². The van der Waals surface area contributed by atoms with Gasteiger partial charge < -0.3 is 30.7 Å². The summed E-state index contributed by atoms with van der Waals surface area (Å²) in [7, 11) is -3.00. The second kappa shape index (κ2) is 11.1. The zero-order valence-corrected chi connectivity index (χ0v) is 17.7. The minimum Gasteiger partial charge on any atom is -0.427 e. The van der Waals surface area contributed by atoms with Crippen molar-refractivity contribution in [3.8, 4) is 0 Å². The van der Waals surface area contributed by atoms with Crippen molar-refractivity contribution in [3.05, 3.63) is 59.7 Å². The third kappa shape index (κ3) is 7.84. The number of hydrogen-bond donors (Lipinski definition) is 6. The van der Waals surface area contributed by atoms with Gasteiger partial charge in [-0.15, -0.1) is 0 Å². The van der Waals surface area contributed by atoms with Crippen molar-refractivity contribution in [2.45, 2.75) is 44.7 Å². The first-order valence-electron chi connectivity index (χ1n) is 10.1. The quantitative estimate of drug-likeness (QED) is 0.319. The molecular formula is C21H28B2N2O6. The third-order valence-electron chi connectivity index (χ3n) is 5.04. The number of anilines is 2. The number of amides is 2. The van der Waals surface area contributed by atoms with Gasteiger partial charge in [0.15, 0.2) is 0 Å². The zero-order chi connectivity index (χ0) is 23.0. The predicted molar refractivity (Wildman–Crippen MR) is 122 cm³/mol. The highest BCUT2D eigenvalue weighted by Crippen LogP contribution is 2.32. The van der Waals surface area contributed by atoms with E-state index in [0.717, 1.165) is 11.1 Å². The summed E-state index contributed by atoms with van der Waals surface area (Å²) in [5.74, 6) is -0.572. The summed E-state index contributed by atoms with van der Waals surface area (Å²) >= 11 is 0. The van der Waals surface area contributed by atoms with Crippen molar-refractivity contribution < 1.29 is 29.7 Å². The Morgan fingerprint density at radius 2 is 1.03 bits per heavy atom. The summed E-state index contributed by atoms with van der Waals surface area (Å²) in [5, 5.41) is 40.8. The maximum Gasteiger partial charge on any atom is 0.451 e. The molecule has 164 valence electrons. The molecule has 6 N–H and O–H groups in total. The van der Waals surface area contributed by atoms with Gasteiger partial charge in [0.2, 0.25) is 11.8 Å². The second-order valence-corrected chi connectivity index (χ2v) is 7.91. The van der Waals surface area contributed by atoms with Crippen molar-refractivity contribution in [2.24, 2.45) is 0 Å². The van der Waals surface area contributed by atoms with E-state index in [1.807, 2.05) is 24.3 Å². The third-order valence-corrected chi connectivity index (χ3v) is 5.04. The fourth-order valence-electron chi connectivity index (χ4n) is 3.07. The first-order valence-corrected chi connectivity index (χ1v) is 10.1. The normalized spacial score (nSPS) is 11.0. The molecule has 0 heterocycles. The molecule has 0 radical (unpaired) electrons. The summed E-state index contributed by atoms with van der Waals surface area (Å²) in [5.41, 5.74) is 2.99. The van der Waals surface area contributed by atoms with E-state index in [4.69, 9.17) is 20.1 Å². The van der Waals surface area contributed by atoms with E-state index in [-0.39, 0.29) is 42.7 Å². The maximum atomic E-state index is 11.8. The Balaban J connectivity index is 2.00. The molecule has 0 fully saturated rings. The van der Waals surface area contributed by atoms with Crippen LogP contribution in [-0.4, -0.2) is 46.1 Å². The molecule has 0 atom stereocenters. The minimum absolute atomic E-state index is 0.0171. The summed E-state index contributed by atoms with van der Waals surface area (Å²) in [6.45, 7) is 4.14. The number of nitrogens with one attached hydrogen (secondary N) is 2. The molecule has 8 nitrogen and oxygen atoms in total. The van der Waals surface area contributed by atoms with Gasteiger partial charge in [0.05, 0.1) is 0 Å². The Bertz CT molecular complexity index is 799. The largest absolute Gasteiger partial charge is 0.451 e. The molecule has 0 bridgehead atoms. The van der Waals surface area contributed by atoms with Gasteiger partial charge >= 0.3 is 14.2 Å².